The second kappa shape index (κ2) is 11.3. The van der Waals surface area contributed by atoms with E-state index >= 15 is 0 Å². The molecule has 4 rings (SSSR count). The van der Waals surface area contributed by atoms with Crippen LogP contribution in [-0.2, 0) is 4.74 Å². The number of carbonyl (C=O) groups is 1. The maximum absolute atomic E-state index is 13.0. The number of aliphatic hydroxyl groups excluding tert-OH is 1. The zero-order valence-corrected chi connectivity index (χ0v) is 17.7. The van der Waals surface area contributed by atoms with Gasteiger partial charge in [-0.3, -0.25) is 0 Å². The van der Waals surface area contributed by atoms with Crippen LogP contribution < -0.4 is 0 Å². The quantitative estimate of drug-likeness (QED) is 0.564. The number of cyclic esters (lactones) is 1. The first-order valence-electron chi connectivity index (χ1n) is 10.5. The van der Waals surface area contributed by atoms with E-state index in [0.717, 1.165) is 23.1 Å². The van der Waals surface area contributed by atoms with Crippen LogP contribution in [0.5, 0.6) is 0 Å². The van der Waals surface area contributed by atoms with Gasteiger partial charge in [0.1, 0.15) is 11.9 Å². The van der Waals surface area contributed by atoms with Gasteiger partial charge in [-0.2, -0.15) is 0 Å². The molecule has 0 aromatic heterocycles. The summed E-state index contributed by atoms with van der Waals surface area (Å²) in [5, 5.41) is 8.97. The minimum absolute atomic E-state index is 0.0261. The molecule has 5 heteroatoms. The van der Waals surface area contributed by atoms with Crippen molar-refractivity contribution in [2.24, 2.45) is 0 Å². The first-order valence-corrected chi connectivity index (χ1v) is 10.5. The highest BCUT2D eigenvalue weighted by atomic mass is 19.1. The van der Waals surface area contributed by atoms with Crippen molar-refractivity contribution in [1.82, 2.24) is 4.90 Å². The van der Waals surface area contributed by atoms with Crippen LogP contribution in [-0.4, -0.2) is 35.4 Å². The van der Waals surface area contributed by atoms with E-state index in [1.54, 1.807) is 17.0 Å². The van der Waals surface area contributed by atoms with Crippen molar-refractivity contribution in [3.8, 4) is 11.1 Å². The molecule has 0 saturated carbocycles. The molecule has 1 fully saturated rings. The minimum atomic E-state index is -0.334. The molecule has 0 spiro atoms. The standard InChI is InChI=1S/C20H22FNO3.C6H6/c1-14(22-12-10-19(11-13-23)25-20(22)24)15-2-4-16(5-3-15)17-6-8-18(21)9-7-17;1-2-4-6-5-3-1/h2-9,14,19,23H,10-13H2,1H3;1-6H. The maximum Gasteiger partial charge on any atom is 0.410 e. The number of benzene rings is 3. The molecule has 1 N–H and O–H groups in total. The Kier molecular flexibility index (Phi) is 8.19. The summed E-state index contributed by atoms with van der Waals surface area (Å²) in [6.07, 6.45) is 0.687. The highest BCUT2D eigenvalue weighted by molar-refractivity contribution is 5.69. The fraction of sp³-hybridized carbons (Fsp3) is 0.269. The minimum Gasteiger partial charge on any atom is -0.446 e. The highest BCUT2D eigenvalue weighted by Gasteiger charge is 2.30. The third-order valence-electron chi connectivity index (χ3n) is 5.35. The van der Waals surface area contributed by atoms with Crippen LogP contribution in [0.1, 0.15) is 31.4 Å². The number of carbonyl (C=O) groups excluding carboxylic acids is 1. The average Bonchev–Trinajstić information content (AvgIpc) is 2.81. The molecule has 1 saturated heterocycles. The van der Waals surface area contributed by atoms with Crippen molar-refractivity contribution < 1.29 is 19.0 Å². The third-order valence-corrected chi connectivity index (χ3v) is 5.35. The number of aliphatic hydroxyl groups is 1. The van der Waals surface area contributed by atoms with Gasteiger partial charge in [-0.1, -0.05) is 72.8 Å². The lowest BCUT2D eigenvalue weighted by atomic mass is 10.00. The SMILES string of the molecule is CC(c1ccc(-c2ccc(F)cc2)cc1)N1CCC(CCO)OC1=O.c1ccccc1. The molecular formula is C26H28FNO3. The molecule has 1 aliphatic heterocycles. The summed E-state index contributed by atoms with van der Waals surface area (Å²) in [4.78, 5) is 13.9. The Morgan fingerprint density at radius 2 is 1.48 bits per heavy atom. The fourth-order valence-electron chi connectivity index (χ4n) is 3.50. The summed E-state index contributed by atoms with van der Waals surface area (Å²) in [5.41, 5.74) is 2.97. The van der Waals surface area contributed by atoms with Gasteiger partial charge in [0, 0.05) is 26.0 Å². The molecule has 1 aliphatic rings. The van der Waals surface area contributed by atoms with E-state index < -0.39 is 0 Å². The smallest absolute Gasteiger partial charge is 0.410 e. The fourth-order valence-corrected chi connectivity index (χ4v) is 3.50. The lowest BCUT2D eigenvalue weighted by Crippen LogP contribution is -2.43. The zero-order valence-electron chi connectivity index (χ0n) is 17.7. The van der Waals surface area contributed by atoms with Gasteiger partial charge in [-0.25, -0.2) is 9.18 Å². The topological polar surface area (TPSA) is 49.8 Å². The summed E-state index contributed by atoms with van der Waals surface area (Å²) in [6.45, 7) is 2.61. The maximum atomic E-state index is 13.0. The molecule has 3 aromatic carbocycles. The molecule has 1 heterocycles. The van der Waals surface area contributed by atoms with Crippen LogP contribution in [0.25, 0.3) is 11.1 Å². The summed E-state index contributed by atoms with van der Waals surface area (Å²) in [7, 11) is 0. The Morgan fingerprint density at radius 3 is 1.97 bits per heavy atom. The second-order valence-electron chi connectivity index (χ2n) is 7.46. The van der Waals surface area contributed by atoms with Crippen molar-refractivity contribution in [1.29, 1.82) is 0 Å². The second-order valence-corrected chi connectivity index (χ2v) is 7.46. The van der Waals surface area contributed by atoms with Crippen molar-refractivity contribution in [2.45, 2.75) is 31.9 Å². The zero-order chi connectivity index (χ0) is 22.1. The van der Waals surface area contributed by atoms with E-state index in [4.69, 9.17) is 9.84 Å². The van der Waals surface area contributed by atoms with Crippen LogP contribution in [0, 0.1) is 5.82 Å². The Labute approximate surface area is 182 Å². The van der Waals surface area contributed by atoms with Gasteiger partial charge < -0.3 is 14.7 Å². The van der Waals surface area contributed by atoms with Crippen LogP contribution in [0.2, 0.25) is 0 Å². The van der Waals surface area contributed by atoms with Crippen LogP contribution >= 0.6 is 0 Å². The number of nitrogens with zero attached hydrogens (tertiary/aromatic N) is 1. The number of hydrogen-bond acceptors (Lipinski definition) is 3. The summed E-state index contributed by atoms with van der Waals surface area (Å²) >= 11 is 0. The summed E-state index contributed by atoms with van der Waals surface area (Å²) < 4.78 is 18.4. The van der Waals surface area contributed by atoms with Gasteiger partial charge in [0.15, 0.2) is 0 Å². The van der Waals surface area contributed by atoms with Crippen molar-refractivity contribution in [3.05, 3.63) is 96.3 Å². The predicted octanol–water partition coefficient (Wildman–Crippen LogP) is 5.83. The Hall–Kier alpha value is -3.18. The molecule has 31 heavy (non-hydrogen) atoms. The molecule has 0 bridgehead atoms. The number of ether oxygens (including phenoxy) is 1. The molecule has 0 aliphatic carbocycles. The van der Waals surface area contributed by atoms with E-state index in [1.165, 1.54) is 12.1 Å². The molecule has 162 valence electrons. The van der Waals surface area contributed by atoms with E-state index in [9.17, 15) is 9.18 Å². The molecule has 2 atom stereocenters. The van der Waals surface area contributed by atoms with Gasteiger partial charge in [-0.05, 0) is 35.7 Å². The molecule has 3 aromatic rings. The Bertz CT molecular complexity index is 902. The summed E-state index contributed by atoms with van der Waals surface area (Å²) in [6, 6.07) is 26.2. The van der Waals surface area contributed by atoms with Gasteiger partial charge in [0.2, 0.25) is 0 Å². The van der Waals surface area contributed by atoms with Gasteiger partial charge in [0.05, 0.1) is 6.04 Å². The number of amides is 1. The largest absolute Gasteiger partial charge is 0.446 e. The van der Waals surface area contributed by atoms with E-state index in [0.29, 0.717) is 13.0 Å². The Morgan fingerprint density at radius 1 is 0.968 bits per heavy atom. The first kappa shape index (κ1) is 22.5. The summed E-state index contributed by atoms with van der Waals surface area (Å²) in [5.74, 6) is -0.253. The molecule has 2 unspecified atom stereocenters. The normalized spacial score (nSPS) is 16.7. The average molecular weight is 422 g/mol. The first-order chi connectivity index (χ1) is 15.1. The third kappa shape index (κ3) is 6.40. The molecule has 4 nitrogen and oxygen atoms in total. The van der Waals surface area contributed by atoms with Crippen LogP contribution in [0.15, 0.2) is 84.9 Å². The van der Waals surface area contributed by atoms with E-state index in [1.807, 2.05) is 67.6 Å². The van der Waals surface area contributed by atoms with Crippen molar-refractivity contribution in [3.63, 3.8) is 0 Å². The van der Waals surface area contributed by atoms with Gasteiger partial charge in [0.25, 0.3) is 0 Å². The van der Waals surface area contributed by atoms with Crippen LogP contribution in [0.3, 0.4) is 0 Å². The highest BCUT2D eigenvalue weighted by Crippen LogP contribution is 2.28. The monoisotopic (exact) mass is 421 g/mol. The van der Waals surface area contributed by atoms with E-state index in [2.05, 4.69) is 0 Å². The van der Waals surface area contributed by atoms with Crippen molar-refractivity contribution in [2.75, 3.05) is 13.2 Å². The lowest BCUT2D eigenvalue weighted by Gasteiger charge is -2.35. The Balaban J connectivity index is 0.000000391. The number of rotatable bonds is 5. The lowest BCUT2D eigenvalue weighted by molar-refractivity contribution is 0.00401. The predicted molar refractivity (Wildman–Crippen MR) is 120 cm³/mol. The number of halogens is 1. The van der Waals surface area contributed by atoms with Gasteiger partial charge in [-0.15, -0.1) is 0 Å². The van der Waals surface area contributed by atoms with Crippen LogP contribution in [0.4, 0.5) is 9.18 Å². The van der Waals surface area contributed by atoms with Crippen molar-refractivity contribution >= 4 is 6.09 Å². The van der Waals surface area contributed by atoms with E-state index in [-0.39, 0.29) is 30.7 Å². The molecule has 0 radical (unpaired) electrons. The number of hydrogen-bond donors (Lipinski definition) is 1. The molecular weight excluding hydrogens is 393 g/mol. The van der Waals surface area contributed by atoms with Gasteiger partial charge >= 0.3 is 6.09 Å². The molecule has 1 amide bonds.